The minimum absolute atomic E-state index is 0.0320. The molecule has 27 heavy (non-hydrogen) atoms. The molecule has 7 nitrogen and oxygen atoms in total. The average Bonchev–Trinajstić information content (AvgIpc) is 2.68. The number of piperazine rings is 2. The number of urea groups is 1. The number of benzene rings is 1. The summed E-state index contributed by atoms with van der Waals surface area (Å²) >= 11 is 6.33. The van der Waals surface area contributed by atoms with Gasteiger partial charge in [-0.2, -0.15) is 0 Å². The van der Waals surface area contributed by atoms with Crippen LogP contribution in [0, 0.1) is 0 Å². The van der Waals surface area contributed by atoms with Crippen molar-refractivity contribution in [3.8, 4) is 0 Å². The van der Waals surface area contributed by atoms with Crippen molar-refractivity contribution in [1.82, 2.24) is 20.4 Å². The number of halogens is 1. The molecule has 0 spiro atoms. The van der Waals surface area contributed by atoms with Gasteiger partial charge >= 0.3 is 6.03 Å². The number of hydrogen-bond acceptors (Lipinski definition) is 4. The molecule has 2 N–H and O–H groups in total. The lowest BCUT2D eigenvalue weighted by molar-refractivity contribution is -0.124. The average molecular weight is 394 g/mol. The summed E-state index contributed by atoms with van der Waals surface area (Å²) in [7, 11) is 0. The first-order valence-electron chi connectivity index (χ1n) is 9.62. The highest BCUT2D eigenvalue weighted by molar-refractivity contribution is 6.31. The van der Waals surface area contributed by atoms with E-state index in [2.05, 4.69) is 39.5 Å². The second-order valence-electron chi connectivity index (χ2n) is 6.96. The van der Waals surface area contributed by atoms with Crippen molar-refractivity contribution in [2.24, 2.45) is 0 Å². The largest absolute Gasteiger partial charge is 0.368 e. The molecule has 0 bridgehead atoms. The predicted molar refractivity (Wildman–Crippen MR) is 107 cm³/mol. The van der Waals surface area contributed by atoms with Crippen molar-refractivity contribution in [3.05, 3.63) is 28.8 Å². The molecule has 2 aliphatic heterocycles. The van der Waals surface area contributed by atoms with Gasteiger partial charge in [-0.3, -0.25) is 9.69 Å². The van der Waals surface area contributed by atoms with Crippen molar-refractivity contribution >= 4 is 29.2 Å². The molecule has 8 heteroatoms. The number of amides is 3. The molecule has 1 aromatic rings. The minimum Gasteiger partial charge on any atom is -0.368 e. The molecule has 2 aliphatic rings. The van der Waals surface area contributed by atoms with Crippen LogP contribution in [0.1, 0.15) is 12.5 Å². The van der Waals surface area contributed by atoms with Gasteiger partial charge in [0.25, 0.3) is 0 Å². The Bertz CT molecular complexity index is 676. The zero-order chi connectivity index (χ0) is 19.2. The smallest absolute Gasteiger partial charge is 0.317 e. The highest BCUT2D eigenvalue weighted by Gasteiger charge is 2.22. The van der Waals surface area contributed by atoms with Crippen molar-refractivity contribution < 1.29 is 9.59 Å². The van der Waals surface area contributed by atoms with Crippen LogP contribution in [0.15, 0.2) is 18.2 Å². The van der Waals surface area contributed by atoms with Crippen LogP contribution in [0.4, 0.5) is 10.5 Å². The Hall–Kier alpha value is -1.99. The zero-order valence-corrected chi connectivity index (χ0v) is 16.6. The number of nitrogens with zero attached hydrogens (tertiary/aromatic N) is 3. The second kappa shape index (κ2) is 9.28. The van der Waals surface area contributed by atoms with E-state index in [0.29, 0.717) is 39.3 Å². The van der Waals surface area contributed by atoms with Gasteiger partial charge in [0.05, 0.1) is 6.54 Å². The van der Waals surface area contributed by atoms with Crippen LogP contribution in [0.5, 0.6) is 0 Å². The third-order valence-electron chi connectivity index (χ3n) is 5.17. The quantitative estimate of drug-likeness (QED) is 0.788. The molecule has 0 unspecified atom stereocenters. The Morgan fingerprint density at radius 3 is 2.67 bits per heavy atom. The van der Waals surface area contributed by atoms with E-state index in [1.165, 1.54) is 0 Å². The first kappa shape index (κ1) is 19.8. The van der Waals surface area contributed by atoms with Crippen LogP contribution in [0.2, 0.25) is 5.02 Å². The summed E-state index contributed by atoms with van der Waals surface area (Å²) in [6.07, 6.45) is 0.926. The highest BCUT2D eigenvalue weighted by Crippen LogP contribution is 2.25. The minimum atomic E-state index is -0.0320. The molecule has 2 fully saturated rings. The summed E-state index contributed by atoms with van der Waals surface area (Å²) in [6.45, 7) is 8.23. The van der Waals surface area contributed by atoms with Crippen LogP contribution in [-0.4, -0.2) is 80.6 Å². The zero-order valence-electron chi connectivity index (χ0n) is 15.8. The number of rotatable bonds is 5. The van der Waals surface area contributed by atoms with Gasteiger partial charge in [-0.15, -0.1) is 0 Å². The summed E-state index contributed by atoms with van der Waals surface area (Å²) in [6, 6.07) is 6.17. The van der Waals surface area contributed by atoms with Gasteiger partial charge in [0.1, 0.15) is 0 Å². The molecule has 2 heterocycles. The first-order chi connectivity index (χ1) is 13.1. The molecule has 0 aliphatic carbocycles. The van der Waals surface area contributed by atoms with Crippen molar-refractivity contribution in [2.75, 3.05) is 63.8 Å². The van der Waals surface area contributed by atoms with Crippen LogP contribution < -0.4 is 15.5 Å². The molecule has 0 aromatic heterocycles. The number of carbonyl (C=O) groups is 2. The molecule has 148 valence electrons. The summed E-state index contributed by atoms with van der Waals surface area (Å²) in [5.41, 5.74) is 2.27. The molecule has 0 atom stereocenters. The van der Waals surface area contributed by atoms with Crippen LogP contribution in [0.25, 0.3) is 0 Å². The maximum atomic E-state index is 12.4. The van der Waals surface area contributed by atoms with Crippen molar-refractivity contribution in [2.45, 2.75) is 13.3 Å². The van der Waals surface area contributed by atoms with Crippen LogP contribution in [0.3, 0.4) is 0 Å². The lowest BCUT2D eigenvalue weighted by atomic mass is 10.1. The molecule has 0 saturated carbocycles. The SMILES string of the molecule is CCc1ccc(N2CCN(C(=O)NCCN3CCNC(=O)C3)CC2)cc1Cl. The van der Waals surface area contributed by atoms with E-state index in [4.69, 9.17) is 11.6 Å². The molecule has 3 rings (SSSR count). The normalized spacial score (nSPS) is 18.4. The van der Waals surface area contributed by atoms with Crippen LogP contribution in [-0.2, 0) is 11.2 Å². The number of aryl methyl sites for hydroxylation is 1. The fraction of sp³-hybridized carbons (Fsp3) is 0.579. The number of nitrogens with one attached hydrogen (secondary N) is 2. The van der Waals surface area contributed by atoms with E-state index < -0.39 is 0 Å². The van der Waals surface area contributed by atoms with E-state index in [1.807, 2.05) is 11.0 Å². The third kappa shape index (κ3) is 5.26. The van der Waals surface area contributed by atoms with Crippen molar-refractivity contribution in [1.29, 1.82) is 0 Å². The maximum Gasteiger partial charge on any atom is 0.317 e. The topological polar surface area (TPSA) is 67.9 Å². The van der Waals surface area contributed by atoms with E-state index in [9.17, 15) is 9.59 Å². The maximum absolute atomic E-state index is 12.4. The monoisotopic (exact) mass is 393 g/mol. The predicted octanol–water partition coefficient (Wildman–Crippen LogP) is 1.17. The summed E-state index contributed by atoms with van der Waals surface area (Å²) in [4.78, 5) is 29.9. The molecule has 3 amide bonds. The standard InChI is InChI=1S/C19H28ClN5O2/c1-2-15-3-4-16(13-17(15)20)24-9-11-25(12-10-24)19(27)22-6-8-23-7-5-21-18(26)14-23/h3-4,13H,2,5-12,14H2,1H3,(H,21,26)(H,22,27). The van der Waals surface area contributed by atoms with Gasteiger partial charge in [-0.05, 0) is 24.1 Å². The van der Waals surface area contributed by atoms with E-state index in [-0.39, 0.29) is 11.9 Å². The van der Waals surface area contributed by atoms with E-state index in [0.717, 1.165) is 42.3 Å². The Kier molecular flexibility index (Phi) is 6.79. The van der Waals surface area contributed by atoms with Gasteiger partial charge in [-0.25, -0.2) is 4.79 Å². The van der Waals surface area contributed by atoms with Gasteiger partial charge < -0.3 is 20.4 Å². The molecule has 0 radical (unpaired) electrons. The van der Waals surface area contributed by atoms with Gasteiger partial charge in [0, 0.05) is 63.1 Å². The third-order valence-corrected chi connectivity index (χ3v) is 5.52. The van der Waals surface area contributed by atoms with Gasteiger partial charge in [0.2, 0.25) is 5.91 Å². The Balaban J connectivity index is 1.41. The van der Waals surface area contributed by atoms with Crippen molar-refractivity contribution in [3.63, 3.8) is 0 Å². The van der Waals surface area contributed by atoms with Gasteiger partial charge in [0.15, 0.2) is 0 Å². The van der Waals surface area contributed by atoms with Gasteiger partial charge in [-0.1, -0.05) is 24.6 Å². The Labute approximate surface area is 165 Å². The fourth-order valence-electron chi connectivity index (χ4n) is 3.50. The molecular formula is C19H28ClN5O2. The Morgan fingerprint density at radius 2 is 2.00 bits per heavy atom. The Morgan fingerprint density at radius 1 is 1.22 bits per heavy atom. The number of hydrogen-bond donors (Lipinski definition) is 2. The summed E-state index contributed by atoms with van der Waals surface area (Å²) in [5.74, 6) is 0.0516. The lowest BCUT2D eigenvalue weighted by Gasteiger charge is -2.36. The second-order valence-corrected chi connectivity index (χ2v) is 7.37. The van der Waals surface area contributed by atoms with Crippen LogP contribution >= 0.6 is 11.6 Å². The molecule has 1 aromatic carbocycles. The summed E-state index contributed by atoms with van der Waals surface area (Å²) < 4.78 is 0. The molecule has 2 saturated heterocycles. The number of anilines is 1. The van der Waals surface area contributed by atoms with E-state index >= 15 is 0 Å². The van der Waals surface area contributed by atoms with E-state index in [1.54, 1.807) is 0 Å². The first-order valence-corrected chi connectivity index (χ1v) is 10.00. The summed E-state index contributed by atoms with van der Waals surface area (Å²) in [5, 5.41) is 6.58. The lowest BCUT2D eigenvalue weighted by Crippen LogP contribution is -2.53. The highest BCUT2D eigenvalue weighted by atomic mass is 35.5. The fourth-order valence-corrected chi connectivity index (χ4v) is 3.81. The molecular weight excluding hydrogens is 366 g/mol. The number of carbonyl (C=O) groups excluding carboxylic acids is 2.